The Morgan fingerprint density at radius 1 is 0.667 bits per heavy atom. The van der Waals surface area contributed by atoms with Gasteiger partial charge in [0.25, 0.3) is 0 Å². The minimum Gasteiger partial charge on any atom is -0.438 e. The van der Waals surface area contributed by atoms with Gasteiger partial charge in [-0.2, -0.15) is 0 Å². The van der Waals surface area contributed by atoms with Crippen LogP contribution in [-0.2, 0) is 4.53 Å². The summed E-state index contributed by atoms with van der Waals surface area (Å²) in [6.07, 6.45) is 0.880. The van der Waals surface area contributed by atoms with Gasteiger partial charge in [0.15, 0.2) is 5.78 Å². The monoisotopic (exact) mass is 449 g/mol. The zero-order valence-corrected chi connectivity index (χ0v) is 19.7. The highest BCUT2D eigenvalue weighted by Crippen LogP contribution is 2.12. The van der Waals surface area contributed by atoms with E-state index in [4.69, 9.17) is 4.53 Å². The van der Waals surface area contributed by atoms with Gasteiger partial charge in [0.05, 0.1) is 12.1 Å². The molecule has 0 aliphatic rings. The van der Waals surface area contributed by atoms with E-state index < -0.39 is 8.32 Å². The Morgan fingerprint density at radius 2 is 1.06 bits per heavy atom. The van der Waals surface area contributed by atoms with Crippen molar-refractivity contribution >= 4 is 35.4 Å². The molecule has 0 unspecified atom stereocenters. The molecule has 0 radical (unpaired) electrons. The van der Waals surface area contributed by atoms with Crippen molar-refractivity contribution < 1.29 is 9.32 Å². The number of carbonyl (C=O) groups is 1. The first kappa shape index (κ1) is 22.4. The molecule has 164 valence electrons. The zero-order valence-electron chi connectivity index (χ0n) is 18.7. The molecule has 33 heavy (non-hydrogen) atoms. The molecule has 0 heterocycles. The zero-order chi connectivity index (χ0) is 22.9. The quantitative estimate of drug-likeness (QED) is 0.122. The SMILES string of the molecule is CC/C(CC(=O)c1ccccc1)=N\O[Si](c1ccccc1)(c1ccccc1)c1ccccc1. The van der Waals surface area contributed by atoms with Crippen LogP contribution < -0.4 is 15.6 Å². The number of nitrogens with zero attached hydrogens (tertiary/aromatic N) is 1. The third-order valence-electron chi connectivity index (χ3n) is 5.72. The number of carbonyl (C=O) groups excluding carboxylic acids is 1. The van der Waals surface area contributed by atoms with Crippen LogP contribution in [0.4, 0.5) is 0 Å². The molecule has 4 aromatic rings. The fraction of sp³-hybridized carbons (Fsp3) is 0.103. The van der Waals surface area contributed by atoms with Crippen LogP contribution in [0.3, 0.4) is 0 Å². The minimum atomic E-state index is -2.93. The summed E-state index contributed by atoms with van der Waals surface area (Å²) < 4.78 is 6.65. The molecule has 0 bridgehead atoms. The van der Waals surface area contributed by atoms with E-state index in [-0.39, 0.29) is 12.2 Å². The lowest BCUT2D eigenvalue weighted by Crippen LogP contribution is -2.68. The van der Waals surface area contributed by atoms with Crippen LogP contribution in [0, 0.1) is 0 Å². The molecule has 0 N–H and O–H groups in total. The van der Waals surface area contributed by atoms with Crippen LogP contribution in [0.5, 0.6) is 0 Å². The molecule has 3 nitrogen and oxygen atoms in total. The number of Topliss-reactive ketones (excluding diaryl/α,β-unsaturated/α-hetero) is 1. The van der Waals surface area contributed by atoms with Gasteiger partial charge in [-0.15, -0.1) is 5.16 Å². The summed E-state index contributed by atoms with van der Waals surface area (Å²) in [5.41, 5.74) is 1.43. The number of hydrogen-bond acceptors (Lipinski definition) is 3. The Hall–Kier alpha value is -3.76. The molecular formula is C29H27NO2Si. The maximum atomic E-state index is 12.8. The van der Waals surface area contributed by atoms with E-state index in [0.717, 1.165) is 21.3 Å². The highest BCUT2D eigenvalue weighted by molar-refractivity contribution is 7.07. The Balaban J connectivity index is 1.79. The van der Waals surface area contributed by atoms with Crippen molar-refractivity contribution in [2.24, 2.45) is 5.16 Å². The Bertz CT molecular complexity index is 1100. The molecule has 0 saturated heterocycles. The summed E-state index contributed by atoms with van der Waals surface area (Å²) in [5, 5.41) is 7.99. The van der Waals surface area contributed by atoms with E-state index in [1.807, 2.05) is 91.9 Å². The topological polar surface area (TPSA) is 38.7 Å². The van der Waals surface area contributed by atoms with Crippen LogP contribution in [-0.4, -0.2) is 19.8 Å². The van der Waals surface area contributed by atoms with E-state index in [0.29, 0.717) is 12.0 Å². The van der Waals surface area contributed by atoms with Gasteiger partial charge in [0.1, 0.15) is 0 Å². The molecule has 0 amide bonds. The summed E-state index contributed by atoms with van der Waals surface area (Å²) in [6.45, 7) is 2.01. The van der Waals surface area contributed by atoms with Crippen LogP contribution in [0.15, 0.2) is 126 Å². The lowest BCUT2D eigenvalue weighted by atomic mass is 10.0. The van der Waals surface area contributed by atoms with E-state index in [9.17, 15) is 4.79 Å². The first-order chi connectivity index (χ1) is 16.2. The summed E-state index contributed by atoms with van der Waals surface area (Å²) in [6, 6.07) is 40.3. The molecule has 0 aliphatic carbocycles. The minimum absolute atomic E-state index is 0.0474. The highest BCUT2D eigenvalue weighted by atomic mass is 28.4. The van der Waals surface area contributed by atoms with Crippen molar-refractivity contribution in [3.63, 3.8) is 0 Å². The number of ketones is 1. The Morgan fingerprint density at radius 3 is 1.45 bits per heavy atom. The smallest absolute Gasteiger partial charge is 0.380 e. The van der Waals surface area contributed by atoms with Crippen LogP contribution in [0.2, 0.25) is 0 Å². The average molecular weight is 450 g/mol. The summed E-state index contributed by atoms with van der Waals surface area (Å²) >= 11 is 0. The van der Waals surface area contributed by atoms with Gasteiger partial charge in [0.2, 0.25) is 0 Å². The fourth-order valence-electron chi connectivity index (χ4n) is 3.94. The van der Waals surface area contributed by atoms with Gasteiger partial charge in [-0.25, -0.2) is 0 Å². The summed E-state index contributed by atoms with van der Waals surface area (Å²) in [7, 11) is -2.93. The first-order valence-electron chi connectivity index (χ1n) is 11.2. The van der Waals surface area contributed by atoms with Crippen LogP contribution >= 0.6 is 0 Å². The van der Waals surface area contributed by atoms with E-state index in [1.165, 1.54) is 0 Å². The molecule has 0 saturated carbocycles. The largest absolute Gasteiger partial charge is 0.438 e. The normalized spacial score (nSPS) is 11.7. The summed E-state index contributed by atoms with van der Waals surface area (Å²) in [5.74, 6) is 0.0474. The van der Waals surface area contributed by atoms with Gasteiger partial charge in [-0.1, -0.05) is 128 Å². The molecule has 0 aliphatic heterocycles. The number of hydrogen-bond donors (Lipinski definition) is 0. The maximum Gasteiger partial charge on any atom is 0.380 e. The molecule has 4 rings (SSSR count). The maximum absolute atomic E-state index is 12.8. The standard InChI is InChI=1S/C29H27NO2Si/c1-2-25(23-29(31)24-15-7-3-8-16-24)30-32-33(26-17-9-4-10-18-26,27-19-11-5-12-20-27)28-21-13-6-14-22-28/h3-22H,2,23H2,1H3/b30-25+. The molecule has 0 atom stereocenters. The fourth-order valence-corrected chi connectivity index (χ4v) is 7.51. The van der Waals surface area contributed by atoms with Gasteiger partial charge < -0.3 is 4.53 Å². The predicted octanol–water partition coefficient (Wildman–Crippen LogP) is 4.71. The third kappa shape index (κ3) is 5.02. The highest BCUT2D eigenvalue weighted by Gasteiger charge is 2.45. The van der Waals surface area contributed by atoms with Crippen LogP contribution in [0.25, 0.3) is 0 Å². The predicted molar refractivity (Wildman–Crippen MR) is 138 cm³/mol. The second-order valence-electron chi connectivity index (χ2n) is 7.85. The van der Waals surface area contributed by atoms with E-state index >= 15 is 0 Å². The van der Waals surface area contributed by atoms with Crippen molar-refractivity contribution in [3.05, 3.63) is 127 Å². The van der Waals surface area contributed by atoms with Crippen molar-refractivity contribution in [1.82, 2.24) is 0 Å². The molecule has 4 heteroatoms. The second-order valence-corrected chi connectivity index (χ2v) is 11.1. The molecular weight excluding hydrogens is 422 g/mol. The first-order valence-corrected chi connectivity index (χ1v) is 13.1. The lowest BCUT2D eigenvalue weighted by molar-refractivity contribution is 0.0999. The summed E-state index contributed by atoms with van der Waals surface area (Å²) in [4.78, 5) is 12.8. The molecule has 4 aromatic carbocycles. The molecule has 0 spiro atoms. The van der Waals surface area contributed by atoms with E-state index in [1.54, 1.807) is 0 Å². The van der Waals surface area contributed by atoms with Crippen molar-refractivity contribution in [2.45, 2.75) is 19.8 Å². The Labute approximate surface area is 196 Å². The number of oxime groups is 1. The van der Waals surface area contributed by atoms with Crippen molar-refractivity contribution in [3.8, 4) is 0 Å². The third-order valence-corrected chi connectivity index (χ3v) is 9.53. The van der Waals surface area contributed by atoms with Gasteiger partial charge in [-0.05, 0) is 22.0 Å². The van der Waals surface area contributed by atoms with Crippen molar-refractivity contribution in [1.29, 1.82) is 0 Å². The second kappa shape index (κ2) is 10.7. The van der Waals surface area contributed by atoms with Gasteiger partial charge in [0, 0.05) is 5.56 Å². The van der Waals surface area contributed by atoms with Gasteiger partial charge >= 0.3 is 8.32 Å². The molecule has 0 aromatic heterocycles. The van der Waals surface area contributed by atoms with E-state index in [2.05, 4.69) is 41.6 Å². The Kier molecular flexibility index (Phi) is 7.28. The van der Waals surface area contributed by atoms with Gasteiger partial charge in [-0.3, -0.25) is 4.79 Å². The number of benzene rings is 4. The van der Waals surface area contributed by atoms with Crippen LogP contribution in [0.1, 0.15) is 30.1 Å². The lowest BCUT2D eigenvalue weighted by Gasteiger charge is -2.30. The van der Waals surface area contributed by atoms with Crippen molar-refractivity contribution in [2.75, 3.05) is 0 Å². The number of rotatable bonds is 9. The molecule has 0 fully saturated rings. The average Bonchev–Trinajstić information content (AvgIpc) is 2.90.